The smallest absolute Gasteiger partial charge is 0.289 e. The molecule has 2 aliphatic heterocycles. The maximum atomic E-state index is 12.3. The SMILES string of the molecule is O=C(c1cc2cc3c(cc2o1)OCO3)N1CCOCC1. The van der Waals surface area contributed by atoms with Crippen LogP contribution in [0.5, 0.6) is 11.5 Å². The molecule has 1 aromatic carbocycles. The highest BCUT2D eigenvalue weighted by atomic mass is 16.7. The van der Waals surface area contributed by atoms with E-state index in [1.807, 2.05) is 6.07 Å². The molecule has 1 saturated heterocycles. The Morgan fingerprint density at radius 2 is 1.80 bits per heavy atom. The molecule has 6 nitrogen and oxygen atoms in total. The van der Waals surface area contributed by atoms with Crippen molar-refractivity contribution in [3.8, 4) is 11.5 Å². The van der Waals surface area contributed by atoms with E-state index in [2.05, 4.69) is 0 Å². The van der Waals surface area contributed by atoms with E-state index in [0.29, 0.717) is 49.1 Å². The fraction of sp³-hybridized carbons (Fsp3) is 0.357. The van der Waals surface area contributed by atoms with Gasteiger partial charge in [-0.15, -0.1) is 0 Å². The molecule has 0 unspecified atom stereocenters. The molecule has 6 heteroatoms. The highest BCUT2D eigenvalue weighted by Crippen LogP contribution is 2.37. The number of furan rings is 1. The zero-order valence-corrected chi connectivity index (χ0v) is 10.8. The van der Waals surface area contributed by atoms with Gasteiger partial charge in [0.25, 0.3) is 5.91 Å². The van der Waals surface area contributed by atoms with Crippen LogP contribution in [-0.4, -0.2) is 43.9 Å². The molecule has 1 fully saturated rings. The Morgan fingerprint density at radius 3 is 2.60 bits per heavy atom. The summed E-state index contributed by atoms with van der Waals surface area (Å²) >= 11 is 0. The highest BCUT2D eigenvalue weighted by Gasteiger charge is 2.23. The second-order valence-electron chi connectivity index (χ2n) is 4.76. The lowest BCUT2D eigenvalue weighted by Gasteiger charge is -2.25. The Labute approximate surface area is 114 Å². The lowest BCUT2D eigenvalue weighted by molar-refractivity contribution is 0.0284. The van der Waals surface area contributed by atoms with E-state index >= 15 is 0 Å². The van der Waals surface area contributed by atoms with Crippen molar-refractivity contribution >= 4 is 16.9 Å². The first-order valence-electron chi connectivity index (χ1n) is 6.51. The summed E-state index contributed by atoms with van der Waals surface area (Å²) in [5.74, 6) is 1.57. The Bertz CT molecular complexity index is 630. The highest BCUT2D eigenvalue weighted by molar-refractivity contribution is 5.96. The molecular weight excluding hydrogens is 262 g/mol. The maximum absolute atomic E-state index is 12.3. The number of nitrogens with zero attached hydrogens (tertiary/aromatic N) is 1. The van der Waals surface area contributed by atoms with Crippen molar-refractivity contribution in [2.45, 2.75) is 0 Å². The van der Waals surface area contributed by atoms with Crippen molar-refractivity contribution in [2.75, 3.05) is 33.1 Å². The van der Waals surface area contributed by atoms with Gasteiger partial charge in [-0.2, -0.15) is 0 Å². The third-order valence-electron chi connectivity index (χ3n) is 3.52. The van der Waals surface area contributed by atoms with E-state index in [-0.39, 0.29) is 12.7 Å². The number of amides is 1. The van der Waals surface area contributed by atoms with Gasteiger partial charge in [-0.05, 0) is 12.1 Å². The molecule has 2 aliphatic rings. The molecule has 0 N–H and O–H groups in total. The van der Waals surface area contributed by atoms with Crippen LogP contribution in [0.4, 0.5) is 0 Å². The molecule has 0 bridgehead atoms. The predicted molar refractivity (Wildman–Crippen MR) is 69.1 cm³/mol. The van der Waals surface area contributed by atoms with Gasteiger partial charge in [0.15, 0.2) is 17.3 Å². The molecule has 1 amide bonds. The van der Waals surface area contributed by atoms with Crippen LogP contribution < -0.4 is 9.47 Å². The summed E-state index contributed by atoms with van der Waals surface area (Å²) in [5, 5.41) is 0.839. The third kappa shape index (κ3) is 1.80. The van der Waals surface area contributed by atoms with E-state index in [0.717, 1.165) is 5.39 Å². The molecule has 20 heavy (non-hydrogen) atoms. The van der Waals surface area contributed by atoms with Crippen LogP contribution in [0.3, 0.4) is 0 Å². The van der Waals surface area contributed by atoms with E-state index in [9.17, 15) is 4.79 Å². The first-order chi connectivity index (χ1) is 9.81. The van der Waals surface area contributed by atoms with E-state index < -0.39 is 0 Å². The molecule has 3 heterocycles. The van der Waals surface area contributed by atoms with E-state index in [1.165, 1.54) is 0 Å². The Morgan fingerprint density at radius 1 is 1.05 bits per heavy atom. The van der Waals surface area contributed by atoms with Crippen LogP contribution in [0.15, 0.2) is 22.6 Å². The normalized spacial score (nSPS) is 17.7. The monoisotopic (exact) mass is 275 g/mol. The number of carbonyl (C=O) groups excluding carboxylic acids is 1. The van der Waals surface area contributed by atoms with Gasteiger partial charge in [-0.1, -0.05) is 0 Å². The fourth-order valence-electron chi connectivity index (χ4n) is 2.46. The third-order valence-corrected chi connectivity index (χ3v) is 3.52. The largest absolute Gasteiger partial charge is 0.454 e. The number of ether oxygens (including phenoxy) is 3. The van der Waals surface area contributed by atoms with Crippen molar-refractivity contribution < 1.29 is 23.4 Å². The van der Waals surface area contributed by atoms with Gasteiger partial charge in [-0.3, -0.25) is 4.79 Å². The number of rotatable bonds is 1. The Hall–Kier alpha value is -2.21. The lowest BCUT2D eigenvalue weighted by atomic mass is 10.2. The minimum absolute atomic E-state index is 0.105. The van der Waals surface area contributed by atoms with Crippen LogP contribution >= 0.6 is 0 Å². The second kappa shape index (κ2) is 4.42. The maximum Gasteiger partial charge on any atom is 0.289 e. The summed E-state index contributed by atoms with van der Waals surface area (Å²) in [5.41, 5.74) is 0.630. The molecule has 2 aromatic rings. The summed E-state index contributed by atoms with van der Waals surface area (Å²) in [6.07, 6.45) is 0. The van der Waals surface area contributed by atoms with Gasteiger partial charge in [-0.25, -0.2) is 0 Å². The van der Waals surface area contributed by atoms with Crippen LogP contribution in [0.1, 0.15) is 10.6 Å². The molecule has 0 atom stereocenters. The van der Waals surface area contributed by atoms with Gasteiger partial charge in [0.05, 0.1) is 13.2 Å². The first-order valence-corrected chi connectivity index (χ1v) is 6.51. The summed E-state index contributed by atoms with van der Waals surface area (Å²) in [6, 6.07) is 5.33. The number of carbonyl (C=O) groups is 1. The zero-order chi connectivity index (χ0) is 13.5. The van der Waals surface area contributed by atoms with Crippen LogP contribution in [0, 0.1) is 0 Å². The summed E-state index contributed by atoms with van der Waals surface area (Å²) in [6.45, 7) is 2.56. The summed E-state index contributed by atoms with van der Waals surface area (Å²) in [7, 11) is 0. The van der Waals surface area contributed by atoms with Gasteiger partial charge in [0.1, 0.15) is 5.58 Å². The number of hydrogen-bond acceptors (Lipinski definition) is 5. The standard InChI is InChI=1S/C14H13NO5/c16-14(15-1-3-17-4-2-15)13-6-9-5-11-12(19-8-18-11)7-10(9)20-13/h5-7H,1-4,8H2. The lowest BCUT2D eigenvalue weighted by Crippen LogP contribution is -2.40. The van der Waals surface area contributed by atoms with E-state index in [4.69, 9.17) is 18.6 Å². The molecule has 104 valence electrons. The zero-order valence-electron chi connectivity index (χ0n) is 10.8. The molecular formula is C14H13NO5. The van der Waals surface area contributed by atoms with Crippen molar-refractivity contribution in [3.63, 3.8) is 0 Å². The van der Waals surface area contributed by atoms with Crippen molar-refractivity contribution in [1.29, 1.82) is 0 Å². The quantitative estimate of drug-likeness (QED) is 0.791. The molecule has 0 saturated carbocycles. The van der Waals surface area contributed by atoms with E-state index in [1.54, 1.807) is 17.0 Å². The predicted octanol–water partition coefficient (Wildman–Crippen LogP) is 1.63. The molecule has 4 rings (SSSR count). The van der Waals surface area contributed by atoms with Crippen molar-refractivity contribution in [1.82, 2.24) is 4.90 Å². The Balaban J connectivity index is 1.68. The first kappa shape index (κ1) is 11.6. The molecule has 1 aromatic heterocycles. The van der Waals surface area contributed by atoms with Crippen LogP contribution in [0.25, 0.3) is 11.0 Å². The number of fused-ring (bicyclic) bond motifs is 2. The average Bonchev–Trinajstić information content (AvgIpc) is 3.10. The summed E-state index contributed by atoms with van der Waals surface area (Å²) < 4.78 is 21.5. The van der Waals surface area contributed by atoms with Crippen molar-refractivity contribution in [2.24, 2.45) is 0 Å². The van der Waals surface area contributed by atoms with Gasteiger partial charge < -0.3 is 23.5 Å². The van der Waals surface area contributed by atoms with Gasteiger partial charge >= 0.3 is 0 Å². The molecule has 0 spiro atoms. The second-order valence-corrected chi connectivity index (χ2v) is 4.76. The Kier molecular flexibility index (Phi) is 2.56. The number of hydrogen-bond donors (Lipinski definition) is 0. The topological polar surface area (TPSA) is 61.1 Å². The van der Waals surface area contributed by atoms with Crippen LogP contribution in [-0.2, 0) is 4.74 Å². The molecule has 0 radical (unpaired) electrons. The van der Waals surface area contributed by atoms with Gasteiger partial charge in [0.2, 0.25) is 6.79 Å². The molecule has 0 aliphatic carbocycles. The average molecular weight is 275 g/mol. The fourth-order valence-corrected chi connectivity index (χ4v) is 2.46. The summed E-state index contributed by atoms with van der Waals surface area (Å²) in [4.78, 5) is 14.1. The van der Waals surface area contributed by atoms with Gasteiger partial charge in [0, 0.05) is 24.5 Å². The van der Waals surface area contributed by atoms with Crippen LogP contribution in [0.2, 0.25) is 0 Å². The number of morpholine rings is 1. The van der Waals surface area contributed by atoms with Crippen molar-refractivity contribution in [3.05, 3.63) is 24.0 Å². The minimum atomic E-state index is -0.105. The minimum Gasteiger partial charge on any atom is -0.454 e. The number of benzene rings is 1.